The Morgan fingerprint density at radius 3 is 2.22 bits per heavy atom. The molecule has 1 saturated carbocycles. The molecule has 9 nitrogen and oxygen atoms in total. The first-order valence-electron chi connectivity index (χ1n) is 16.8. The van der Waals surface area contributed by atoms with E-state index in [1.54, 1.807) is 35.4 Å². The zero-order valence-electron chi connectivity index (χ0n) is 29.8. The van der Waals surface area contributed by atoms with Crippen molar-refractivity contribution in [1.82, 2.24) is 0 Å². The van der Waals surface area contributed by atoms with Crippen LogP contribution >= 0.6 is 0 Å². The van der Waals surface area contributed by atoms with Gasteiger partial charge in [0, 0.05) is 52.6 Å². The van der Waals surface area contributed by atoms with Gasteiger partial charge in [0.25, 0.3) is 0 Å². The van der Waals surface area contributed by atoms with Crippen LogP contribution in [0.2, 0.25) is 0 Å². The van der Waals surface area contributed by atoms with Crippen molar-refractivity contribution in [3.63, 3.8) is 0 Å². The van der Waals surface area contributed by atoms with Gasteiger partial charge in [-0.25, -0.2) is 0 Å². The molecule has 0 aromatic carbocycles. The van der Waals surface area contributed by atoms with Gasteiger partial charge in [-0.3, -0.25) is 4.79 Å². The van der Waals surface area contributed by atoms with Gasteiger partial charge in [-0.15, -0.1) is 0 Å². The predicted octanol–water partition coefficient (Wildman–Crippen LogP) is 5.24. The van der Waals surface area contributed by atoms with E-state index in [1.807, 2.05) is 40.7 Å². The highest BCUT2D eigenvalue weighted by atomic mass is 16.7. The maximum atomic E-state index is 13.2. The van der Waals surface area contributed by atoms with Crippen LogP contribution in [0, 0.1) is 29.6 Å². The van der Waals surface area contributed by atoms with Gasteiger partial charge in [-0.05, 0) is 76.7 Å². The van der Waals surface area contributed by atoms with Crippen LogP contribution in [0.1, 0.15) is 93.4 Å². The van der Waals surface area contributed by atoms with E-state index in [2.05, 4.69) is 13.0 Å². The van der Waals surface area contributed by atoms with Gasteiger partial charge in [0.05, 0.1) is 36.6 Å². The average molecular weight is 641 g/mol. The molecule has 45 heavy (non-hydrogen) atoms. The number of aliphatic hydroxyl groups excluding tert-OH is 2. The van der Waals surface area contributed by atoms with E-state index in [9.17, 15) is 20.1 Å². The minimum Gasteiger partial charge on any atom is -0.392 e. The smallest absolute Gasteiger partial charge is 0.165 e. The molecule has 1 aliphatic carbocycles. The molecule has 2 aliphatic rings. The van der Waals surface area contributed by atoms with Crippen molar-refractivity contribution in [2.75, 3.05) is 28.4 Å². The second-order valence-corrected chi connectivity index (χ2v) is 14.2. The standard InChI is InChI=1S/C36H64O9/c1-21(14-22(2)16-32(42-9)35-33(43-10)18-25(5)36(7,40)45-35)15-23(3)29(38)20-30(39)26(6)34(44-11)24(4)17-27-12-13-28(37)31(19-27)41-8/h15,17,22-23,25-28,30-35,37,39-40H,12-14,16,18-20H2,1-11H3/b21-15+,24-17+/t22-,23+,25+,26+,27?,28+,30-,31+,32+,33-,34+,35+,36?/m0/s1. The van der Waals surface area contributed by atoms with Crippen LogP contribution in [0.3, 0.4) is 0 Å². The summed E-state index contributed by atoms with van der Waals surface area (Å²) in [7, 11) is 6.60. The van der Waals surface area contributed by atoms with Gasteiger partial charge in [0.1, 0.15) is 11.9 Å². The highest BCUT2D eigenvalue weighted by Crippen LogP contribution is 2.37. The van der Waals surface area contributed by atoms with Crippen LogP contribution < -0.4 is 0 Å². The van der Waals surface area contributed by atoms with Crippen molar-refractivity contribution in [3.8, 4) is 0 Å². The summed E-state index contributed by atoms with van der Waals surface area (Å²) < 4.78 is 28.9. The van der Waals surface area contributed by atoms with Crippen molar-refractivity contribution in [1.29, 1.82) is 0 Å². The molecule has 1 saturated heterocycles. The molecule has 2 unspecified atom stereocenters. The van der Waals surface area contributed by atoms with Crippen LogP contribution in [-0.4, -0.2) is 98.1 Å². The lowest BCUT2D eigenvalue weighted by molar-refractivity contribution is -0.312. The lowest BCUT2D eigenvalue weighted by Crippen LogP contribution is -2.56. The molecule has 1 heterocycles. The monoisotopic (exact) mass is 640 g/mol. The number of rotatable bonds is 17. The van der Waals surface area contributed by atoms with E-state index < -0.39 is 18.0 Å². The quantitative estimate of drug-likeness (QED) is 0.183. The fourth-order valence-corrected chi connectivity index (χ4v) is 7.31. The minimum atomic E-state index is -1.24. The first-order valence-corrected chi connectivity index (χ1v) is 16.8. The molecule has 2 fully saturated rings. The minimum absolute atomic E-state index is 0.00768. The Kier molecular flexibility index (Phi) is 16.4. The summed E-state index contributed by atoms with van der Waals surface area (Å²) in [6.07, 6.45) is 6.18. The van der Waals surface area contributed by atoms with Crippen LogP contribution in [0.4, 0.5) is 0 Å². The SMILES string of the molecule is CO[C@H]1C[C@@H](C)C(C)(O)O[C@@H]1[C@@H](C[C@@H](C)C/C(C)=C/[C@@H](C)C(=O)C[C@H](O)[C@@H](C)[C@H](OC)/C(C)=C/C1CC[C@@H](O)[C@H](OC)C1)OC. The number of allylic oxidation sites excluding steroid dienone is 3. The summed E-state index contributed by atoms with van der Waals surface area (Å²) in [5, 5.41) is 32.0. The zero-order chi connectivity index (χ0) is 34.1. The Balaban J connectivity index is 1.95. The van der Waals surface area contributed by atoms with Crippen LogP contribution in [0.15, 0.2) is 23.3 Å². The number of hydrogen-bond donors (Lipinski definition) is 3. The van der Waals surface area contributed by atoms with Gasteiger partial charge in [0.2, 0.25) is 0 Å². The fourth-order valence-electron chi connectivity index (χ4n) is 7.31. The van der Waals surface area contributed by atoms with E-state index >= 15 is 0 Å². The van der Waals surface area contributed by atoms with Gasteiger partial charge in [-0.2, -0.15) is 0 Å². The topological polar surface area (TPSA) is 124 Å². The highest BCUT2D eigenvalue weighted by molar-refractivity contribution is 5.82. The summed E-state index contributed by atoms with van der Waals surface area (Å²) in [5.41, 5.74) is 2.13. The Bertz CT molecular complexity index is 962. The van der Waals surface area contributed by atoms with Crippen LogP contribution in [0.25, 0.3) is 0 Å². The van der Waals surface area contributed by atoms with Gasteiger partial charge in [-0.1, -0.05) is 45.4 Å². The molecule has 13 atom stereocenters. The zero-order valence-corrected chi connectivity index (χ0v) is 29.8. The molecule has 9 heteroatoms. The molecular formula is C36H64O9. The molecule has 0 aromatic rings. The lowest BCUT2D eigenvalue weighted by Gasteiger charge is -2.46. The third kappa shape index (κ3) is 11.5. The molecule has 3 N–H and O–H groups in total. The number of aliphatic hydroxyl groups is 3. The van der Waals surface area contributed by atoms with Crippen molar-refractivity contribution in [2.45, 2.75) is 142 Å². The summed E-state index contributed by atoms with van der Waals surface area (Å²) in [5.74, 6) is -1.38. The normalized spacial score (nSPS) is 34.1. The number of ether oxygens (including phenoxy) is 5. The van der Waals surface area contributed by atoms with Gasteiger partial charge >= 0.3 is 0 Å². The fraction of sp³-hybridized carbons (Fsp3) is 0.861. The van der Waals surface area contributed by atoms with E-state index in [0.717, 1.165) is 30.4 Å². The number of carbonyl (C=O) groups is 1. The molecule has 0 aromatic heterocycles. The van der Waals surface area contributed by atoms with Crippen LogP contribution in [-0.2, 0) is 28.5 Å². The maximum absolute atomic E-state index is 13.2. The summed E-state index contributed by atoms with van der Waals surface area (Å²) >= 11 is 0. The Hall–Kier alpha value is -1.17. The van der Waals surface area contributed by atoms with Gasteiger partial charge in [0.15, 0.2) is 5.79 Å². The van der Waals surface area contributed by atoms with E-state index in [4.69, 9.17) is 23.7 Å². The van der Waals surface area contributed by atoms with Crippen molar-refractivity contribution in [2.24, 2.45) is 29.6 Å². The average Bonchev–Trinajstić information content (AvgIpc) is 2.97. The van der Waals surface area contributed by atoms with Crippen molar-refractivity contribution < 1.29 is 43.8 Å². The third-order valence-electron chi connectivity index (χ3n) is 10.4. The number of ketones is 1. The predicted molar refractivity (Wildman–Crippen MR) is 176 cm³/mol. The third-order valence-corrected chi connectivity index (χ3v) is 10.4. The van der Waals surface area contributed by atoms with E-state index in [-0.39, 0.29) is 72.3 Å². The molecule has 2 rings (SSSR count). The second-order valence-electron chi connectivity index (χ2n) is 14.2. The molecule has 1 aliphatic heterocycles. The summed E-state index contributed by atoms with van der Waals surface area (Å²) in [4.78, 5) is 13.2. The van der Waals surface area contributed by atoms with E-state index in [0.29, 0.717) is 19.3 Å². The molecule has 0 bridgehead atoms. The maximum Gasteiger partial charge on any atom is 0.165 e. The Morgan fingerprint density at radius 1 is 1.00 bits per heavy atom. The molecule has 262 valence electrons. The van der Waals surface area contributed by atoms with Crippen molar-refractivity contribution in [3.05, 3.63) is 23.3 Å². The number of hydrogen-bond acceptors (Lipinski definition) is 9. The van der Waals surface area contributed by atoms with Crippen LogP contribution in [0.5, 0.6) is 0 Å². The molecule has 0 spiro atoms. The first-order chi connectivity index (χ1) is 21.1. The highest BCUT2D eigenvalue weighted by Gasteiger charge is 2.46. The molecule has 0 amide bonds. The Labute approximate surface area is 272 Å². The lowest BCUT2D eigenvalue weighted by atomic mass is 9.82. The largest absolute Gasteiger partial charge is 0.392 e. The Morgan fingerprint density at radius 2 is 1.64 bits per heavy atom. The van der Waals surface area contributed by atoms with Crippen molar-refractivity contribution >= 4 is 5.78 Å². The second kappa shape index (κ2) is 18.4. The molecular weight excluding hydrogens is 576 g/mol. The summed E-state index contributed by atoms with van der Waals surface area (Å²) in [6, 6.07) is 0. The van der Waals surface area contributed by atoms with Gasteiger partial charge < -0.3 is 39.0 Å². The number of carbonyl (C=O) groups excluding carboxylic acids is 1. The first kappa shape index (κ1) is 40.0. The van der Waals surface area contributed by atoms with E-state index in [1.165, 1.54) is 0 Å². The molecule has 0 radical (unpaired) electrons. The summed E-state index contributed by atoms with van der Waals surface area (Å²) in [6.45, 7) is 13.7. The number of Topliss-reactive ketones (excluding diaryl/α,β-unsaturated/α-hetero) is 1. The number of methoxy groups -OCH3 is 4.